The van der Waals surface area contributed by atoms with E-state index in [-0.39, 0.29) is 28.7 Å². The van der Waals surface area contributed by atoms with Crippen LogP contribution >= 0.6 is 11.6 Å². The minimum absolute atomic E-state index is 0.0897. The molecule has 1 aromatic heterocycles. The molecule has 3 heterocycles. The predicted octanol–water partition coefficient (Wildman–Crippen LogP) is 5.56. The second kappa shape index (κ2) is 12.2. The number of sulfonamides is 1. The molecule has 7 rings (SSSR count). The van der Waals surface area contributed by atoms with Crippen molar-refractivity contribution in [2.75, 3.05) is 24.6 Å². The highest BCUT2D eigenvalue weighted by Crippen LogP contribution is 2.50. The van der Waals surface area contributed by atoms with Gasteiger partial charge in [0, 0.05) is 47.4 Å². The van der Waals surface area contributed by atoms with E-state index in [0.29, 0.717) is 42.7 Å². The normalized spacial score (nSPS) is 32.5. The Morgan fingerprint density at radius 1 is 1.11 bits per heavy atom. The van der Waals surface area contributed by atoms with Gasteiger partial charge in [-0.1, -0.05) is 30.7 Å². The maximum absolute atomic E-state index is 13.5. The van der Waals surface area contributed by atoms with Crippen molar-refractivity contribution < 1.29 is 23.1 Å². The number of amides is 1. The van der Waals surface area contributed by atoms with Crippen LogP contribution in [-0.4, -0.2) is 54.3 Å². The Kier molecular flexibility index (Phi) is 8.33. The molecule has 6 atom stereocenters. The number of nitrogens with one attached hydrogen (secondary N) is 1. The molecule has 3 aromatic rings. The van der Waals surface area contributed by atoms with Crippen LogP contribution in [0.5, 0.6) is 5.75 Å². The van der Waals surface area contributed by atoms with Crippen LogP contribution in [0.3, 0.4) is 0 Å². The largest absolute Gasteiger partial charge is 0.490 e. The van der Waals surface area contributed by atoms with Gasteiger partial charge >= 0.3 is 0 Å². The van der Waals surface area contributed by atoms with Crippen molar-refractivity contribution in [3.8, 4) is 5.75 Å². The first-order valence-corrected chi connectivity index (χ1v) is 18.5. The first kappa shape index (κ1) is 32.1. The highest BCUT2D eigenvalue weighted by atomic mass is 35.5. The number of rotatable bonds is 1. The highest BCUT2D eigenvalue weighted by Gasteiger charge is 2.50. The highest BCUT2D eigenvalue weighted by molar-refractivity contribution is 7.90. The summed E-state index contributed by atoms with van der Waals surface area (Å²) in [7, 11) is -4.00. The summed E-state index contributed by atoms with van der Waals surface area (Å²) < 4.78 is 35.7. The molecule has 1 amide bonds. The number of nitrogens with zero attached hydrogens (tertiary/aromatic N) is 3. The summed E-state index contributed by atoms with van der Waals surface area (Å²) in [5.41, 5.74) is 1.68. The number of aliphatic hydroxyl groups is 1. The molecule has 2 N–H and O–H groups in total. The summed E-state index contributed by atoms with van der Waals surface area (Å²) in [6.45, 7) is 5.13. The zero-order valence-corrected chi connectivity index (χ0v) is 28.3. The van der Waals surface area contributed by atoms with Gasteiger partial charge in [0.15, 0.2) is 5.82 Å². The van der Waals surface area contributed by atoms with Gasteiger partial charge in [-0.3, -0.25) is 4.79 Å². The monoisotopic (exact) mass is 676 g/mol. The van der Waals surface area contributed by atoms with Crippen LogP contribution in [0.25, 0.3) is 0 Å². The summed E-state index contributed by atoms with van der Waals surface area (Å²) in [5, 5.41) is 12.3. The van der Waals surface area contributed by atoms with E-state index in [0.717, 1.165) is 37.8 Å². The molecule has 1 saturated carbocycles. The average Bonchev–Trinajstić information content (AvgIpc) is 3.19. The fourth-order valence-corrected chi connectivity index (χ4v) is 9.50. The van der Waals surface area contributed by atoms with Gasteiger partial charge in [0.25, 0.3) is 5.91 Å². The summed E-state index contributed by atoms with van der Waals surface area (Å²) in [4.78, 5) is 24.8. The van der Waals surface area contributed by atoms with Crippen molar-refractivity contribution in [3.05, 3.63) is 94.5 Å². The molecular weight excluding hydrogens is 636 g/mol. The third-order valence-electron chi connectivity index (χ3n) is 11.1. The molecule has 4 aliphatic rings. The maximum atomic E-state index is 13.5. The molecule has 0 saturated heterocycles. The van der Waals surface area contributed by atoms with Gasteiger partial charge in [0.1, 0.15) is 11.4 Å². The van der Waals surface area contributed by atoms with Gasteiger partial charge in [0.2, 0.25) is 10.0 Å². The van der Waals surface area contributed by atoms with Crippen LogP contribution in [0, 0.1) is 17.8 Å². The molecule has 2 aromatic carbocycles. The van der Waals surface area contributed by atoms with Crippen LogP contribution in [0.2, 0.25) is 5.02 Å². The second-order valence-corrected chi connectivity index (χ2v) is 16.4. The van der Waals surface area contributed by atoms with Crippen LogP contribution in [0.1, 0.15) is 73.3 Å². The number of benzene rings is 2. The fraction of sp³-hybridized carbons (Fsp3) is 0.472. The number of allylic oxidation sites excluding steroid dienone is 1. The number of hydrogen-bond acceptors (Lipinski definition) is 8. The molecule has 2 aliphatic heterocycles. The molecule has 248 valence electrons. The lowest BCUT2D eigenvalue weighted by atomic mass is 9.63. The zero-order chi connectivity index (χ0) is 33.0. The Morgan fingerprint density at radius 3 is 2.68 bits per heavy atom. The number of fused-ring (bicyclic) bond motifs is 4. The Balaban J connectivity index is 1.35. The van der Waals surface area contributed by atoms with Gasteiger partial charge in [-0.05, 0) is 111 Å². The van der Waals surface area contributed by atoms with Crippen molar-refractivity contribution in [1.29, 1.82) is 0 Å². The molecule has 47 heavy (non-hydrogen) atoms. The predicted molar refractivity (Wildman–Crippen MR) is 181 cm³/mol. The topological polar surface area (TPSA) is 122 Å². The van der Waals surface area contributed by atoms with E-state index in [4.69, 9.17) is 16.3 Å². The first-order valence-electron chi connectivity index (χ1n) is 16.5. The molecule has 1 fully saturated rings. The van der Waals surface area contributed by atoms with Crippen molar-refractivity contribution in [1.82, 2.24) is 14.7 Å². The van der Waals surface area contributed by atoms with Crippen LogP contribution in [0.15, 0.2) is 67.0 Å². The standard InChI is InChI=1S/C36H41ClN4O5S/c1-23-6-3-15-36(43,34-38-16-5-17-39-34)30-11-8-27(30)20-41-21-35(14-4-7-25-18-28(37)10-12-29(25)35)22-46-32-13-9-26(19-31(32)41)33(42)40-47(44,45)24(23)2/h3,5,9-10,12-13,15-19,23-24,27,30,43H,4,6-8,11,14,20-22H2,1-2H3,(H,40,42)/b15-3+/t23-,24+,27-,30+,35-,36-/m0/s1. The van der Waals surface area contributed by atoms with E-state index >= 15 is 0 Å². The molecule has 11 heteroatoms. The number of hydrogen-bond donors (Lipinski definition) is 2. The van der Waals surface area contributed by atoms with Gasteiger partial charge in [-0.15, -0.1) is 0 Å². The maximum Gasteiger partial charge on any atom is 0.264 e. The Labute approximate surface area is 281 Å². The number of aryl methyl sites for hydroxylation is 1. The quantitative estimate of drug-likeness (QED) is 0.322. The van der Waals surface area contributed by atoms with Crippen molar-refractivity contribution >= 4 is 33.2 Å². The minimum Gasteiger partial charge on any atom is -0.490 e. The van der Waals surface area contributed by atoms with E-state index in [9.17, 15) is 18.3 Å². The fourth-order valence-electron chi connectivity index (χ4n) is 8.02. The van der Waals surface area contributed by atoms with E-state index in [1.165, 1.54) is 11.1 Å². The number of ether oxygens (including phenoxy) is 1. The van der Waals surface area contributed by atoms with Gasteiger partial charge < -0.3 is 14.7 Å². The van der Waals surface area contributed by atoms with E-state index in [1.54, 1.807) is 49.7 Å². The van der Waals surface area contributed by atoms with Crippen LogP contribution < -0.4 is 14.4 Å². The number of carbonyl (C=O) groups excluding carboxylic acids is 1. The lowest BCUT2D eigenvalue weighted by molar-refractivity contribution is -0.0561. The third-order valence-corrected chi connectivity index (χ3v) is 13.2. The summed E-state index contributed by atoms with van der Waals surface area (Å²) in [6, 6.07) is 13.0. The lowest BCUT2D eigenvalue weighted by Crippen LogP contribution is -2.52. The molecule has 9 nitrogen and oxygen atoms in total. The molecule has 0 radical (unpaired) electrons. The number of halogens is 1. The smallest absolute Gasteiger partial charge is 0.264 e. The minimum atomic E-state index is -4.00. The SMILES string of the molecule is C[C@@H]1[C@@H](C)C/C=C/[C@@](O)(c2ncccn2)[C@@H]2CC[C@H]2CN2C[C@@]3(CCCc4cc(Cl)ccc43)COc3ccc(cc32)C(=O)NS1(=O)=O. The summed E-state index contributed by atoms with van der Waals surface area (Å²) >= 11 is 6.43. The second-order valence-electron chi connectivity index (χ2n) is 13.9. The zero-order valence-electron chi connectivity index (χ0n) is 26.7. The van der Waals surface area contributed by atoms with Crippen molar-refractivity contribution in [2.45, 2.75) is 68.6 Å². The van der Waals surface area contributed by atoms with Crippen LogP contribution in [-0.2, 0) is 27.5 Å². The van der Waals surface area contributed by atoms with E-state index in [1.807, 2.05) is 19.1 Å². The van der Waals surface area contributed by atoms with Gasteiger partial charge in [-0.25, -0.2) is 23.1 Å². The molecule has 2 bridgehead atoms. The number of carbonyl (C=O) groups is 1. The number of anilines is 1. The van der Waals surface area contributed by atoms with E-state index < -0.39 is 26.8 Å². The number of aromatic nitrogens is 2. The van der Waals surface area contributed by atoms with E-state index in [2.05, 4.69) is 31.7 Å². The molecule has 2 aliphatic carbocycles. The Morgan fingerprint density at radius 2 is 1.91 bits per heavy atom. The van der Waals surface area contributed by atoms with Gasteiger partial charge in [0.05, 0.1) is 17.5 Å². The Hall–Kier alpha value is -3.47. The third kappa shape index (κ3) is 5.82. The average molecular weight is 677 g/mol. The van der Waals surface area contributed by atoms with Crippen molar-refractivity contribution in [2.24, 2.45) is 17.8 Å². The lowest BCUT2D eigenvalue weighted by Gasteiger charge is -2.48. The van der Waals surface area contributed by atoms with Crippen LogP contribution in [0.4, 0.5) is 5.69 Å². The van der Waals surface area contributed by atoms with Gasteiger partial charge in [-0.2, -0.15) is 0 Å². The molecular formula is C36H41ClN4O5S. The first-order chi connectivity index (χ1) is 22.5. The van der Waals surface area contributed by atoms with Crippen molar-refractivity contribution in [3.63, 3.8) is 0 Å². The Bertz CT molecular complexity index is 1820. The summed E-state index contributed by atoms with van der Waals surface area (Å²) in [6.07, 6.45) is 11.8. The molecule has 0 unspecified atom stereocenters. The molecule has 1 spiro atoms. The summed E-state index contributed by atoms with van der Waals surface area (Å²) in [5.74, 6) is -0.0944.